The Morgan fingerprint density at radius 1 is 1.05 bits per heavy atom. The standard InChI is InChI=1S/C14H12Br2FNO2/c15-9-2-1-3-10(6-9)19-4-5-20-14-8-12(17)11(16)7-13(14)18/h1-3,6-8H,4-5,18H2. The zero-order valence-corrected chi connectivity index (χ0v) is 13.6. The van der Waals surface area contributed by atoms with Crippen LogP contribution in [0.4, 0.5) is 10.1 Å². The van der Waals surface area contributed by atoms with E-state index in [1.807, 2.05) is 24.3 Å². The molecule has 0 bridgehead atoms. The average Bonchev–Trinajstić information content (AvgIpc) is 2.40. The third-order valence-electron chi connectivity index (χ3n) is 2.46. The van der Waals surface area contributed by atoms with E-state index in [2.05, 4.69) is 31.9 Å². The first-order valence-electron chi connectivity index (χ1n) is 5.82. The highest BCUT2D eigenvalue weighted by Crippen LogP contribution is 2.28. The number of nitrogen functional groups attached to an aromatic ring is 1. The van der Waals surface area contributed by atoms with Crippen LogP contribution in [0.2, 0.25) is 0 Å². The van der Waals surface area contributed by atoms with Crippen molar-refractivity contribution in [2.45, 2.75) is 0 Å². The predicted molar refractivity (Wildman–Crippen MR) is 83.6 cm³/mol. The summed E-state index contributed by atoms with van der Waals surface area (Å²) in [6.45, 7) is 0.616. The van der Waals surface area contributed by atoms with Crippen molar-refractivity contribution >= 4 is 37.5 Å². The van der Waals surface area contributed by atoms with Gasteiger partial charge in [-0.1, -0.05) is 22.0 Å². The molecule has 0 fully saturated rings. The van der Waals surface area contributed by atoms with E-state index in [0.29, 0.717) is 22.5 Å². The van der Waals surface area contributed by atoms with Gasteiger partial charge in [0.05, 0.1) is 10.2 Å². The van der Waals surface area contributed by atoms with E-state index in [9.17, 15) is 4.39 Å². The highest BCUT2D eigenvalue weighted by atomic mass is 79.9. The molecule has 0 saturated carbocycles. The Morgan fingerprint density at radius 2 is 1.80 bits per heavy atom. The van der Waals surface area contributed by atoms with Crippen molar-refractivity contribution in [3.63, 3.8) is 0 Å². The fourth-order valence-corrected chi connectivity index (χ4v) is 2.28. The summed E-state index contributed by atoms with van der Waals surface area (Å²) in [6.07, 6.45) is 0. The fourth-order valence-electron chi connectivity index (χ4n) is 1.54. The van der Waals surface area contributed by atoms with Crippen LogP contribution in [0.1, 0.15) is 0 Å². The molecule has 0 aliphatic carbocycles. The highest BCUT2D eigenvalue weighted by Gasteiger charge is 2.07. The Bertz CT molecular complexity index is 608. The van der Waals surface area contributed by atoms with Crippen molar-refractivity contribution < 1.29 is 13.9 Å². The molecule has 2 N–H and O–H groups in total. The van der Waals surface area contributed by atoms with Crippen LogP contribution in [-0.4, -0.2) is 13.2 Å². The van der Waals surface area contributed by atoms with Crippen molar-refractivity contribution in [3.8, 4) is 11.5 Å². The Balaban J connectivity index is 1.86. The summed E-state index contributed by atoms with van der Waals surface area (Å²) in [6, 6.07) is 10.2. The molecule has 0 aromatic heterocycles. The molecule has 0 atom stereocenters. The van der Waals surface area contributed by atoms with Gasteiger partial charge in [0.2, 0.25) is 0 Å². The van der Waals surface area contributed by atoms with E-state index in [-0.39, 0.29) is 6.61 Å². The molecule has 2 aromatic carbocycles. The lowest BCUT2D eigenvalue weighted by molar-refractivity contribution is 0.217. The molecule has 6 heteroatoms. The molecule has 0 amide bonds. The van der Waals surface area contributed by atoms with Gasteiger partial charge in [-0.25, -0.2) is 4.39 Å². The molecule has 2 rings (SSSR count). The van der Waals surface area contributed by atoms with Crippen molar-refractivity contribution in [3.05, 3.63) is 51.2 Å². The van der Waals surface area contributed by atoms with Gasteiger partial charge in [-0.05, 0) is 40.2 Å². The lowest BCUT2D eigenvalue weighted by atomic mass is 10.3. The highest BCUT2D eigenvalue weighted by molar-refractivity contribution is 9.10. The summed E-state index contributed by atoms with van der Waals surface area (Å²) in [7, 11) is 0. The summed E-state index contributed by atoms with van der Waals surface area (Å²) < 4.78 is 25.5. The predicted octanol–water partition coefficient (Wildman–Crippen LogP) is 4.39. The van der Waals surface area contributed by atoms with Crippen molar-refractivity contribution in [2.75, 3.05) is 18.9 Å². The van der Waals surface area contributed by atoms with Crippen LogP contribution < -0.4 is 15.2 Å². The molecule has 0 unspecified atom stereocenters. The first kappa shape index (κ1) is 15.1. The molecule has 0 spiro atoms. The smallest absolute Gasteiger partial charge is 0.145 e. The van der Waals surface area contributed by atoms with Crippen LogP contribution in [0.3, 0.4) is 0 Å². The maximum Gasteiger partial charge on any atom is 0.145 e. The lowest BCUT2D eigenvalue weighted by Crippen LogP contribution is -2.10. The van der Waals surface area contributed by atoms with E-state index >= 15 is 0 Å². The van der Waals surface area contributed by atoms with Crippen LogP contribution in [0.25, 0.3) is 0 Å². The molecule has 0 aliphatic heterocycles. The molecule has 3 nitrogen and oxygen atoms in total. The number of halogens is 3. The Labute approximate surface area is 133 Å². The number of hydrogen-bond acceptors (Lipinski definition) is 3. The average molecular weight is 405 g/mol. The molecule has 0 saturated heterocycles. The van der Waals surface area contributed by atoms with E-state index in [0.717, 1.165) is 10.2 Å². The van der Waals surface area contributed by atoms with Gasteiger partial charge in [-0.3, -0.25) is 0 Å². The molecular weight excluding hydrogens is 393 g/mol. The van der Waals surface area contributed by atoms with Crippen molar-refractivity contribution in [2.24, 2.45) is 0 Å². The Hall–Kier alpha value is -1.27. The maximum absolute atomic E-state index is 13.4. The summed E-state index contributed by atoms with van der Waals surface area (Å²) in [4.78, 5) is 0. The number of hydrogen-bond donors (Lipinski definition) is 1. The minimum absolute atomic E-state index is 0.276. The number of ether oxygens (including phenoxy) is 2. The zero-order valence-electron chi connectivity index (χ0n) is 10.4. The molecule has 2 aromatic rings. The SMILES string of the molecule is Nc1cc(Br)c(F)cc1OCCOc1cccc(Br)c1. The first-order valence-corrected chi connectivity index (χ1v) is 7.40. The van der Waals surface area contributed by atoms with Gasteiger partial charge in [0.15, 0.2) is 0 Å². The quantitative estimate of drug-likeness (QED) is 0.593. The topological polar surface area (TPSA) is 44.5 Å². The fraction of sp³-hybridized carbons (Fsp3) is 0.143. The molecular formula is C14H12Br2FNO2. The summed E-state index contributed by atoms with van der Waals surface area (Å²) in [5.41, 5.74) is 6.11. The number of anilines is 1. The normalized spacial score (nSPS) is 10.3. The van der Waals surface area contributed by atoms with Gasteiger partial charge in [-0.2, -0.15) is 0 Å². The van der Waals surface area contributed by atoms with E-state index in [4.69, 9.17) is 15.2 Å². The third kappa shape index (κ3) is 4.11. The minimum atomic E-state index is -0.415. The van der Waals surface area contributed by atoms with Crippen molar-refractivity contribution in [1.82, 2.24) is 0 Å². The first-order chi connectivity index (χ1) is 9.56. The number of benzene rings is 2. The monoisotopic (exact) mass is 403 g/mol. The second-order valence-electron chi connectivity index (χ2n) is 3.96. The van der Waals surface area contributed by atoms with Crippen LogP contribution in [0, 0.1) is 5.82 Å². The Morgan fingerprint density at radius 3 is 2.55 bits per heavy atom. The second-order valence-corrected chi connectivity index (χ2v) is 5.73. The zero-order chi connectivity index (χ0) is 14.5. The van der Waals surface area contributed by atoms with Gasteiger partial charge in [0, 0.05) is 10.5 Å². The minimum Gasteiger partial charge on any atom is -0.490 e. The molecule has 20 heavy (non-hydrogen) atoms. The summed E-state index contributed by atoms with van der Waals surface area (Å²) >= 11 is 6.42. The summed E-state index contributed by atoms with van der Waals surface area (Å²) in [5.74, 6) is 0.628. The number of nitrogens with two attached hydrogens (primary N) is 1. The second kappa shape index (κ2) is 6.95. The number of rotatable bonds is 5. The van der Waals surface area contributed by atoms with E-state index in [1.54, 1.807) is 0 Å². The van der Waals surface area contributed by atoms with E-state index in [1.165, 1.54) is 12.1 Å². The van der Waals surface area contributed by atoms with Crippen LogP contribution >= 0.6 is 31.9 Å². The largest absolute Gasteiger partial charge is 0.490 e. The third-order valence-corrected chi connectivity index (χ3v) is 3.56. The molecule has 106 valence electrons. The van der Waals surface area contributed by atoms with Gasteiger partial charge >= 0.3 is 0 Å². The molecule has 0 aliphatic rings. The van der Waals surface area contributed by atoms with Gasteiger partial charge in [0.1, 0.15) is 30.5 Å². The van der Waals surface area contributed by atoms with Gasteiger partial charge in [0.25, 0.3) is 0 Å². The van der Waals surface area contributed by atoms with Crippen LogP contribution in [0.15, 0.2) is 45.3 Å². The van der Waals surface area contributed by atoms with E-state index < -0.39 is 5.82 Å². The Kier molecular flexibility index (Phi) is 5.25. The van der Waals surface area contributed by atoms with Crippen LogP contribution in [-0.2, 0) is 0 Å². The molecule has 0 radical (unpaired) electrons. The van der Waals surface area contributed by atoms with Gasteiger partial charge in [-0.15, -0.1) is 0 Å². The molecule has 0 heterocycles. The summed E-state index contributed by atoms with van der Waals surface area (Å²) in [5, 5.41) is 0. The van der Waals surface area contributed by atoms with Gasteiger partial charge < -0.3 is 15.2 Å². The van der Waals surface area contributed by atoms with Crippen LogP contribution in [0.5, 0.6) is 11.5 Å². The van der Waals surface area contributed by atoms with Crippen molar-refractivity contribution in [1.29, 1.82) is 0 Å². The maximum atomic E-state index is 13.4. The lowest BCUT2D eigenvalue weighted by Gasteiger charge is -2.11.